The molecule has 0 aliphatic carbocycles. The van der Waals surface area contributed by atoms with Gasteiger partial charge in [-0.05, 0) is 48.5 Å². The Morgan fingerprint density at radius 3 is 2.18 bits per heavy atom. The first-order valence-electron chi connectivity index (χ1n) is 6.27. The number of ether oxygens (including phenoxy) is 1. The van der Waals surface area contributed by atoms with Crippen LogP contribution >= 0.6 is 0 Å². The zero-order valence-electron chi connectivity index (χ0n) is 12.3. The number of hydrogen-bond acceptors (Lipinski definition) is 3. The molecule has 17 heavy (non-hydrogen) atoms. The maximum Gasteiger partial charge on any atom is 0.237 e. The van der Waals surface area contributed by atoms with Crippen LogP contribution < -0.4 is 10.6 Å². The summed E-state index contributed by atoms with van der Waals surface area (Å²) in [5, 5.41) is 6.14. The van der Waals surface area contributed by atoms with Gasteiger partial charge in [-0.25, -0.2) is 0 Å². The Morgan fingerprint density at radius 2 is 1.76 bits per heavy atom. The van der Waals surface area contributed by atoms with Crippen LogP contribution in [0, 0.1) is 0 Å². The molecule has 4 nitrogen and oxygen atoms in total. The predicted molar refractivity (Wildman–Crippen MR) is 71.1 cm³/mol. The van der Waals surface area contributed by atoms with E-state index in [1.807, 2.05) is 48.5 Å². The minimum Gasteiger partial charge on any atom is -0.375 e. The van der Waals surface area contributed by atoms with Gasteiger partial charge in [0.1, 0.15) is 0 Å². The van der Waals surface area contributed by atoms with Crippen molar-refractivity contribution in [3.63, 3.8) is 0 Å². The molecular weight excluding hydrogens is 216 g/mol. The molecule has 0 aliphatic heterocycles. The average molecular weight is 244 g/mol. The highest BCUT2D eigenvalue weighted by Crippen LogP contribution is 2.07. The lowest BCUT2D eigenvalue weighted by atomic mass is 10.1. The van der Waals surface area contributed by atoms with Crippen LogP contribution in [0.5, 0.6) is 0 Å². The second-order valence-electron chi connectivity index (χ2n) is 6.03. The van der Waals surface area contributed by atoms with E-state index in [1.54, 1.807) is 0 Å². The quantitative estimate of drug-likeness (QED) is 0.747. The fourth-order valence-electron chi connectivity index (χ4n) is 1.41. The van der Waals surface area contributed by atoms with Gasteiger partial charge in [-0.2, -0.15) is 0 Å². The molecule has 0 aromatic heterocycles. The fraction of sp³-hybridized carbons (Fsp3) is 0.923. The van der Waals surface area contributed by atoms with Gasteiger partial charge in [0.25, 0.3) is 0 Å². The van der Waals surface area contributed by atoms with Crippen molar-refractivity contribution in [2.24, 2.45) is 0 Å². The summed E-state index contributed by atoms with van der Waals surface area (Å²) in [6.07, 6.45) is 0. The molecule has 0 radical (unpaired) electrons. The molecule has 0 rings (SSSR count). The molecule has 0 heterocycles. The van der Waals surface area contributed by atoms with Crippen molar-refractivity contribution in [2.45, 2.75) is 65.6 Å². The molecule has 0 spiro atoms. The van der Waals surface area contributed by atoms with Gasteiger partial charge >= 0.3 is 0 Å². The SMILES string of the molecule is CCOC(C)(C)CNC(C)C(=O)NC(C)(C)C. The third-order valence-electron chi connectivity index (χ3n) is 2.26. The minimum absolute atomic E-state index is 0.0183. The summed E-state index contributed by atoms with van der Waals surface area (Å²) >= 11 is 0. The molecule has 0 saturated carbocycles. The van der Waals surface area contributed by atoms with Gasteiger partial charge in [-0.1, -0.05) is 0 Å². The van der Waals surface area contributed by atoms with E-state index >= 15 is 0 Å². The van der Waals surface area contributed by atoms with Crippen LogP contribution in [0.25, 0.3) is 0 Å². The Hall–Kier alpha value is -0.610. The van der Waals surface area contributed by atoms with E-state index in [2.05, 4.69) is 10.6 Å². The van der Waals surface area contributed by atoms with Crippen LogP contribution in [0.15, 0.2) is 0 Å². The number of amides is 1. The molecule has 0 aromatic rings. The molecule has 1 unspecified atom stereocenters. The van der Waals surface area contributed by atoms with E-state index in [1.165, 1.54) is 0 Å². The van der Waals surface area contributed by atoms with Gasteiger partial charge in [0.05, 0.1) is 11.6 Å². The molecular formula is C13H28N2O2. The highest BCUT2D eigenvalue weighted by Gasteiger charge is 2.22. The third-order valence-corrected chi connectivity index (χ3v) is 2.26. The molecule has 1 amide bonds. The monoisotopic (exact) mass is 244 g/mol. The van der Waals surface area contributed by atoms with Gasteiger partial charge in [0.2, 0.25) is 5.91 Å². The summed E-state index contributed by atoms with van der Waals surface area (Å²) < 4.78 is 5.57. The van der Waals surface area contributed by atoms with Crippen LogP contribution in [0.3, 0.4) is 0 Å². The second-order valence-corrected chi connectivity index (χ2v) is 6.03. The summed E-state index contributed by atoms with van der Waals surface area (Å²) in [5.41, 5.74) is -0.437. The van der Waals surface area contributed by atoms with Crippen molar-refractivity contribution in [3.8, 4) is 0 Å². The Bertz CT molecular complexity index is 244. The van der Waals surface area contributed by atoms with Crippen LogP contribution in [0.1, 0.15) is 48.5 Å². The first-order chi connectivity index (χ1) is 7.57. The predicted octanol–water partition coefficient (Wildman–Crippen LogP) is 1.69. The average Bonchev–Trinajstić information content (AvgIpc) is 2.11. The van der Waals surface area contributed by atoms with E-state index in [4.69, 9.17) is 4.74 Å². The standard InChI is InChI=1S/C13H28N2O2/c1-8-17-13(6,7)9-14-10(2)11(16)15-12(3,4)5/h10,14H,8-9H2,1-7H3,(H,15,16). The molecule has 2 N–H and O–H groups in total. The summed E-state index contributed by atoms with van der Waals surface area (Å²) in [4.78, 5) is 11.8. The van der Waals surface area contributed by atoms with Crippen LogP contribution in [-0.4, -0.2) is 36.2 Å². The van der Waals surface area contributed by atoms with Crippen LogP contribution in [-0.2, 0) is 9.53 Å². The van der Waals surface area contributed by atoms with E-state index in [0.29, 0.717) is 13.2 Å². The zero-order valence-corrected chi connectivity index (χ0v) is 12.3. The van der Waals surface area contributed by atoms with Crippen molar-refractivity contribution in [2.75, 3.05) is 13.2 Å². The van der Waals surface area contributed by atoms with Crippen molar-refractivity contribution in [3.05, 3.63) is 0 Å². The maximum atomic E-state index is 11.8. The van der Waals surface area contributed by atoms with Crippen LogP contribution in [0.4, 0.5) is 0 Å². The minimum atomic E-state index is -0.245. The Labute approximate surface area is 105 Å². The fourth-order valence-corrected chi connectivity index (χ4v) is 1.41. The van der Waals surface area contributed by atoms with E-state index in [0.717, 1.165) is 0 Å². The Balaban J connectivity index is 4.10. The molecule has 1 atom stereocenters. The number of hydrogen-bond donors (Lipinski definition) is 2. The topological polar surface area (TPSA) is 50.4 Å². The molecule has 0 bridgehead atoms. The molecule has 102 valence electrons. The van der Waals surface area contributed by atoms with Crippen LogP contribution in [0.2, 0.25) is 0 Å². The van der Waals surface area contributed by atoms with Gasteiger partial charge in [-0.15, -0.1) is 0 Å². The van der Waals surface area contributed by atoms with Gasteiger partial charge in [0.15, 0.2) is 0 Å². The maximum absolute atomic E-state index is 11.8. The third kappa shape index (κ3) is 8.16. The Kier molecular flexibility index (Phi) is 6.13. The van der Waals surface area contributed by atoms with E-state index < -0.39 is 0 Å². The van der Waals surface area contributed by atoms with Crippen molar-refractivity contribution in [1.82, 2.24) is 10.6 Å². The van der Waals surface area contributed by atoms with E-state index in [9.17, 15) is 4.79 Å². The molecule has 0 aliphatic rings. The molecule has 0 aromatic carbocycles. The van der Waals surface area contributed by atoms with Gasteiger partial charge in [-0.3, -0.25) is 4.79 Å². The normalized spacial score (nSPS) is 14.5. The summed E-state index contributed by atoms with van der Waals surface area (Å²) in [6.45, 7) is 15.1. The number of carbonyl (C=O) groups is 1. The molecule has 0 fully saturated rings. The van der Waals surface area contributed by atoms with Crippen molar-refractivity contribution < 1.29 is 9.53 Å². The number of carbonyl (C=O) groups excluding carboxylic acids is 1. The summed E-state index contributed by atoms with van der Waals surface area (Å²) in [6, 6.07) is -0.214. The number of rotatable bonds is 6. The van der Waals surface area contributed by atoms with Crippen molar-refractivity contribution in [1.29, 1.82) is 0 Å². The lowest BCUT2D eigenvalue weighted by Crippen LogP contribution is -2.52. The summed E-state index contributed by atoms with van der Waals surface area (Å²) in [5.74, 6) is 0.0183. The first-order valence-corrected chi connectivity index (χ1v) is 6.27. The lowest BCUT2D eigenvalue weighted by Gasteiger charge is -2.28. The lowest BCUT2D eigenvalue weighted by molar-refractivity contribution is -0.124. The smallest absolute Gasteiger partial charge is 0.237 e. The van der Waals surface area contributed by atoms with Gasteiger partial charge in [0, 0.05) is 18.7 Å². The summed E-state index contributed by atoms with van der Waals surface area (Å²) in [7, 11) is 0. The van der Waals surface area contributed by atoms with Crippen molar-refractivity contribution >= 4 is 5.91 Å². The van der Waals surface area contributed by atoms with E-state index in [-0.39, 0.29) is 23.1 Å². The second kappa shape index (κ2) is 6.36. The highest BCUT2D eigenvalue weighted by molar-refractivity contribution is 5.81. The highest BCUT2D eigenvalue weighted by atomic mass is 16.5. The number of nitrogens with one attached hydrogen (secondary N) is 2. The van der Waals surface area contributed by atoms with Gasteiger partial charge < -0.3 is 15.4 Å². The first kappa shape index (κ1) is 16.4. The zero-order chi connectivity index (χ0) is 13.7. The molecule has 0 saturated heterocycles. The molecule has 4 heteroatoms. The Morgan fingerprint density at radius 1 is 1.24 bits per heavy atom. The largest absolute Gasteiger partial charge is 0.375 e.